The van der Waals surface area contributed by atoms with Crippen molar-refractivity contribution in [2.24, 2.45) is 17.8 Å². The lowest BCUT2D eigenvalue weighted by molar-refractivity contribution is -0.140. The van der Waals surface area contributed by atoms with Crippen LogP contribution in [-0.4, -0.2) is 32.4 Å². The Morgan fingerprint density at radius 1 is 1.32 bits per heavy atom. The summed E-state index contributed by atoms with van der Waals surface area (Å²) in [4.78, 5) is 31.4. The van der Waals surface area contributed by atoms with E-state index in [4.69, 9.17) is 11.6 Å². The minimum Gasteiger partial charge on any atom is -0.477 e. The van der Waals surface area contributed by atoms with Gasteiger partial charge < -0.3 is 10.4 Å². The van der Waals surface area contributed by atoms with E-state index in [1.54, 1.807) is 0 Å². The van der Waals surface area contributed by atoms with E-state index in [-0.39, 0.29) is 34.0 Å². The van der Waals surface area contributed by atoms with Crippen molar-refractivity contribution in [2.75, 3.05) is 5.32 Å². The van der Waals surface area contributed by atoms with Crippen LogP contribution in [0, 0.1) is 17.8 Å². The van der Waals surface area contributed by atoms with Crippen LogP contribution in [0.5, 0.6) is 0 Å². The Morgan fingerprint density at radius 2 is 2.00 bits per heavy atom. The molecule has 0 saturated heterocycles. The zero-order valence-electron chi connectivity index (χ0n) is 11.9. The quantitative estimate of drug-likeness (QED) is 0.830. The van der Waals surface area contributed by atoms with Gasteiger partial charge in [0.25, 0.3) is 0 Å². The number of rotatable bonds is 3. The number of halogens is 1. The minimum absolute atomic E-state index is 0.0199. The number of Topliss-reactive ketones (excluding diaryl/α,β-unsaturated/α-hetero) is 1. The Balaban J connectivity index is 1.68. The van der Waals surface area contributed by atoms with Crippen molar-refractivity contribution in [1.82, 2.24) is 9.97 Å². The van der Waals surface area contributed by atoms with E-state index in [9.17, 15) is 14.7 Å². The van der Waals surface area contributed by atoms with Gasteiger partial charge in [0.2, 0.25) is 5.28 Å². The lowest BCUT2D eigenvalue weighted by Gasteiger charge is -2.56. The molecule has 2 atom stereocenters. The molecule has 5 rings (SSSR count). The second-order valence-corrected chi connectivity index (χ2v) is 7.20. The number of nitrogens with zero attached hydrogens (tertiary/aromatic N) is 2. The van der Waals surface area contributed by atoms with Gasteiger partial charge in [0.05, 0.1) is 0 Å². The first kappa shape index (κ1) is 13.9. The third-order valence-electron chi connectivity index (χ3n) is 5.37. The Morgan fingerprint density at radius 3 is 2.64 bits per heavy atom. The van der Waals surface area contributed by atoms with Crippen molar-refractivity contribution in [3.63, 3.8) is 0 Å². The first-order valence-electron chi connectivity index (χ1n) is 7.53. The van der Waals surface area contributed by atoms with Gasteiger partial charge in [0, 0.05) is 23.6 Å². The van der Waals surface area contributed by atoms with Crippen molar-refractivity contribution in [1.29, 1.82) is 0 Å². The summed E-state index contributed by atoms with van der Waals surface area (Å²) in [5, 5.41) is 12.6. The summed E-state index contributed by atoms with van der Waals surface area (Å²) in [6.45, 7) is 0. The van der Waals surface area contributed by atoms with E-state index in [2.05, 4.69) is 15.3 Å². The van der Waals surface area contributed by atoms with Gasteiger partial charge >= 0.3 is 5.97 Å². The minimum atomic E-state index is -1.08. The van der Waals surface area contributed by atoms with Gasteiger partial charge in [-0.15, -0.1) is 0 Å². The van der Waals surface area contributed by atoms with Crippen LogP contribution in [-0.2, 0) is 4.79 Å². The van der Waals surface area contributed by atoms with Crippen LogP contribution in [0.15, 0.2) is 6.20 Å². The summed E-state index contributed by atoms with van der Waals surface area (Å²) in [6, 6.07) is 0. The maximum Gasteiger partial charge on any atom is 0.341 e. The fraction of sp³-hybridized carbons (Fsp3) is 0.600. The summed E-state index contributed by atoms with van der Waals surface area (Å²) in [5.41, 5.74) is -0.210. The number of carbonyl (C=O) groups excluding carboxylic acids is 1. The van der Waals surface area contributed by atoms with Crippen LogP contribution < -0.4 is 5.32 Å². The standard InChI is InChI=1S/C15H16ClN3O3/c16-14-17-6-10(13(21)22)12(18-14)19-15-3-7-1-8(4-15)11(20)9(2-7)5-15/h6-9H,1-5H2,(H,21,22)(H,17,18,19). The molecule has 4 fully saturated rings. The van der Waals surface area contributed by atoms with Crippen molar-refractivity contribution >= 4 is 29.2 Å². The van der Waals surface area contributed by atoms with E-state index in [1.165, 1.54) is 6.20 Å². The fourth-order valence-electron chi connectivity index (χ4n) is 4.76. The monoisotopic (exact) mass is 321 g/mol. The molecule has 6 nitrogen and oxygen atoms in total. The van der Waals surface area contributed by atoms with Gasteiger partial charge in [-0.25, -0.2) is 9.78 Å². The molecular weight excluding hydrogens is 306 g/mol. The number of anilines is 1. The Hall–Kier alpha value is -1.69. The molecule has 4 bridgehead atoms. The summed E-state index contributed by atoms with van der Waals surface area (Å²) in [5.74, 6) is 0.358. The van der Waals surface area contributed by atoms with Crippen LogP contribution in [0.1, 0.15) is 42.5 Å². The van der Waals surface area contributed by atoms with Crippen molar-refractivity contribution in [2.45, 2.75) is 37.6 Å². The number of carboxylic acid groups (broad SMARTS) is 1. The number of carboxylic acids is 1. The number of ketones is 1. The second-order valence-electron chi connectivity index (χ2n) is 6.86. The molecule has 0 amide bonds. The zero-order chi connectivity index (χ0) is 15.5. The Labute approximate surface area is 132 Å². The lowest BCUT2D eigenvalue weighted by Crippen LogP contribution is -2.58. The topological polar surface area (TPSA) is 92.2 Å². The largest absolute Gasteiger partial charge is 0.477 e. The first-order chi connectivity index (χ1) is 10.5. The summed E-state index contributed by atoms with van der Waals surface area (Å²) in [7, 11) is 0. The summed E-state index contributed by atoms with van der Waals surface area (Å²) in [6.07, 6.45) is 5.68. The predicted molar refractivity (Wildman–Crippen MR) is 78.9 cm³/mol. The third-order valence-corrected chi connectivity index (χ3v) is 5.55. The zero-order valence-corrected chi connectivity index (χ0v) is 12.6. The van der Waals surface area contributed by atoms with Crippen LogP contribution in [0.3, 0.4) is 0 Å². The third kappa shape index (κ3) is 2.08. The van der Waals surface area contributed by atoms with Gasteiger partial charge in [0.15, 0.2) is 0 Å². The molecule has 116 valence electrons. The van der Waals surface area contributed by atoms with Crippen LogP contribution in [0.25, 0.3) is 0 Å². The highest BCUT2D eigenvalue weighted by molar-refractivity contribution is 6.28. The molecule has 7 heteroatoms. The molecule has 4 saturated carbocycles. The van der Waals surface area contributed by atoms with E-state index in [0.717, 1.165) is 32.1 Å². The highest BCUT2D eigenvalue weighted by Gasteiger charge is 2.55. The molecule has 0 radical (unpaired) electrons. The lowest BCUT2D eigenvalue weighted by atomic mass is 9.52. The van der Waals surface area contributed by atoms with E-state index in [1.807, 2.05) is 0 Å². The Bertz CT molecular complexity index is 660. The second kappa shape index (κ2) is 4.65. The van der Waals surface area contributed by atoms with Gasteiger partial charge in [0.1, 0.15) is 17.2 Å². The molecule has 0 spiro atoms. The predicted octanol–water partition coefficient (Wildman–Crippen LogP) is 2.39. The van der Waals surface area contributed by atoms with Crippen LogP contribution in [0.4, 0.5) is 5.82 Å². The first-order valence-corrected chi connectivity index (χ1v) is 7.91. The maximum atomic E-state index is 12.2. The van der Waals surface area contributed by atoms with Gasteiger partial charge in [-0.1, -0.05) is 0 Å². The van der Waals surface area contributed by atoms with Gasteiger partial charge in [-0.05, 0) is 49.6 Å². The molecule has 4 aliphatic carbocycles. The normalized spacial score (nSPS) is 35.7. The molecule has 1 aromatic rings. The molecule has 2 unspecified atom stereocenters. The highest BCUT2D eigenvalue weighted by Crippen LogP contribution is 2.55. The molecule has 1 aromatic heterocycles. The molecule has 0 aromatic carbocycles. The average molecular weight is 322 g/mol. The average Bonchev–Trinajstić information content (AvgIpc) is 2.43. The number of hydrogen-bond donors (Lipinski definition) is 2. The van der Waals surface area contributed by atoms with E-state index < -0.39 is 5.97 Å². The van der Waals surface area contributed by atoms with E-state index in [0.29, 0.717) is 11.7 Å². The number of hydrogen-bond acceptors (Lipinski definition) is 5. The maximum absolute atomic E-state index is 12.2. The molecule has 0 aliphatic heterocycles. The van der Waals surface area contributed by atoms with Gasteiger partial charge in [-0.2, -0.15) is 4.98 Å². The van der Waals surface area contributed by atoms with Crippen molar-refractivity contribution < 1.29 is 14.7 Å². The smallest absolute Gasteiger partial charge is 0.341 e. The molecule has 22 heavy (non-hydrogen) atoms. The summed E-state index contributed by atoms with van der Waals surface area (Å²) < 4.78 is 0. The van der Waals surface area contributed by atoms with Crippen molar-refractivity contribution in [3.05, 3.63) is 17.0 Å². The van der Waals surface area contributed by atoms with Gasteiger partial charge in [-0.3, -0.25) is 4.79 Å². The van der Waals surface area contributed by atoms with Crippen molar-refractivity contribution in [3.8, 4) is 0 Å². The number of aromatic nitrogens is 2. The van der Waals surface area contributed by atoms with Crippen LogP contribution in [0.2, 0.25) is 5.28 Å². The molecule has 1 heterocycles. The number of nitrogens with one attached hydrogen (secondary N) is 1. The molecule has 2 N–H and O–H groups in total. The number of carbonyl (C=O) groups is 2. The summed E-state index contributed by atoms with van der Waals surface area (Å²) >= 11 is 5.82. The van der Waals surface area contributed by atoms with E-state index >= 15 is 0 Å². The number of aromatic carboxylic acids is 1. The van der Waals surface area contributed by atoms with Crippen LogP contribution >= 0.6 is 11.6 Å². The molecule has 4 aliphatic rings. The fourth-order valence-corrected chi connectivity index (χ4v) is 4.90. The highest BCUT2D eigenvalue weighted by atomic mass is 35.5. The molecular formula is C15H16ClN3O3. The Kier molecular flexibility index (Phi) is 2.95. The SMILES string of the molecule is O=C(O)c1cnc(Cl)nc1NC12CC3CC(C1)C(=O)C(C3)C2.